The van der Waals surface area contributed by atoms with Crippen LogP contribution in [0.1, 0.15) is 18.6 Å². The zero-order valence-corrected chi connectivity index (χ0v) is 11.2. The number of rotatable bonds is 4. The highest BCUT2D eigenvalue weighted by Crippen LogP contribution is 2.41. The Hall–Kier alpha value is -0.360. The molecule has 0 heterocycles. The van der Waals surface area contributed by atoms with Crippen LogP contribution in [0.25, 0.3) is 0 Å². The molecule has 1 atom stereocenters. The fraction of sp³-hybridized carbons (Fsp3) is 0.400. The summed E-state index contributed by atoms with van der Waals surface area (Å²) in [6.45, 7) is 1.35. The van der Waals surface area contributed by atoms with Crippen molar-refractivity contribution in [2.24, 2.45) is 0 Å². The van der Waals surface area contributed by atoms with Crippen LogP contribution in [0, 0.1) is 5.82 Å². The van der Waals surface area contributed by atoms with E-state index in [1.807, 2.05) is 0 Å². The van der Waals surface area contributed by atoms with Crippen LogP contribution < -0.4 is 0 Å². The molecule has 1 aromatic carbocycles. The van der Waals surface area contributed by atoms with Gasteiger partial charge >= 0.3 is 0 Å². The van der Waals surface area contributed by atoms with Gasteiger partial charge in [-0.05, 0) is 17.7 Å². The van der Waals surface area contributed by atoms with E-state index < -0.39 is 25.4 Å². The number of halogens is 3. The molecule has 96 valence electrons. The highest BCUT2D eigenvalue weighted by molar-refractivity contribution is 7.95. The molecule has 0 saturated carbocycles. The fourth-order valence-corrected chi connectivity index (χ4v) is 3.00. The first-order valence-corrected chi connectivity index (χ1v) is 7.17. The molecule has 17 heavy (non-hydrogen) atoms. The van der Waals surface area contributed by atoms with E-state index in [0.717, 1.165) is 12.1 Å². The molecule has 1 aromatic rings. The lowest BCUT2D eigenvalue weighted by atomic mass is 10.1. The average Bonchev–Trinajstić information content (AvgIpc) is 2.27. The molecule has 1 rings (SSSR count). The molecule has 0 bridgehead atoms. The summed E-state index contributed by atoms with van der Waals surface area (Å²) in [5.74, 6) is -0.939. The van der Waals surface area contributed by atoms with Gasteiger partial charge < -0.3 is 5.11 Å². The molecule has 1 N–H and O–H groups in total. The number of benzene rings is 1. The molecular formula is C10H11Cl2FO3S. The number of alkyl halides is 2. The Morgan fingerprint density at radius 3 is 2.53 bits per heavy atom. The second kappa shape index (κ2) is 5.10. The van der Waals surface area contributed by atoms with Crippen LogP contribution in [-0.4, -0.2) is 22.9 Å². The van der Waals surface area contributed by atoms with E-state index in [0.29, 0.717) is 0 Å². The number of aliphatic hydroxyl groups excluding tert-OH is 1. The van der Waals surface area contributed by atoms with Crippen LogP contribution in [-0.2, 0) is 9.84 Å². The van der Waals surface area contributed by atoms with Crippen molar-refractivity contribution >= 4 is 33.0 Å². The molecule has 0 radical (unpaired) electrons. The summed E-state index contributed by atoms with van der Waals surface area (Å²) in [6.07, 6.45) is -1.72. The summed E-state index contributed by atoms with van der Waals surface area (Å²) in [6, 6.07) is 4.82. The van der Waals surface area contributed by atoms with Crippen LogP contribution in [0.2, 0.25) is 0 Å². The molecular weight excluding hydrogens is 290 g/mol. The molecule has 0 aliphatic rings. The summed E-state index contributed by atoms with van der Waals surface area (Å²) >= 11 is 11.3. The number of sulfone groups is 1. The van der Waals surface area contributed by atoms with Crippen LogP contribution >= 0.6 is 23.2 Å². The zero-order chi connectivity index (χ0) is 13.3. The summed E-state index contributed by atoms with van der Waals surface area (Å²) in [7, 11) is -3.90. The Bertz CT molecular complexity index is 502. The van der Waals surface area contributed by atoms with Gasteiger partial charge in [-0.3, -0.25) is 0 Å². The third-order valence-corrected chi connectivity index (χ3v) is 5.91. The maximum atomic E-state index is 12.9. The Labute approximate surface area is 109 Å². The second-order valence-corrected chi connectivity index (χ2v) is 7.71. The van der Waals surface area contributed by atoms with Crippen LogP contribution in [0.5, 0.6) is 0 Å². The van der Waals surface area contributed by atoms with Gasteiger partial charge in [0.25, 0.3) is 0 Å². The third kappa shape index (κ3) is 2.91. The minimum absolute atomic E-state index is 0.00650. The monoisotopic (exact) mass is 300 g/mol. The van der Waals surface area contributed by atoms with E-state index in [9.17, 15) is 17.9 Å². The molecule has 0 spiro atoms. The van der Waals surface area contributed by atoms with Crippen LogP contribution in [0.4, 0.5) is 4.39 Å². The molecule has 0 unspecified atom stereocenters. The smallest absolute Gasteiger partial charge is 0.247 e. The molecule has 0 fully saturated rings. The van der Waals surface area contributed by atoms with Gasteiger partial charge in [-0.2, -0.15) is 0 Å². The van der Waals surface area contributed by atoms with E-state index in [2.05, 4.69) is 0 Å². The standard InChI is InChI=1S/C10H11Cl2FO3S/c1-2-17(15,16)10(11,12)9(14)7-4-3-5-8(13)6-7/h3-6,9,14H,2H2,1H3/t9-/m1/s1. The summed E-state index contributed by atoms with van der Waals surface area (Å²) < 4.78 is 33.8. The molecule has 0 amide bonds. The van der Waals surface area contributed by atoms with E-state index >= 15 is 0 Å². The minimum Gasteiger partial charge on any atom is -0.384 e. The summed E-state index contributed by atoms with van der Waals surface area (Å²) in [4.78, 5) is 0. The zero-order valence-electron chi connectivity index (χ0n) is 8.90. The SMILES string of the molecule is CCS(=O)(=O)C(Cl)(Cl)[C@H](O)c1cccc(F)c1. The first kappa shape index (κ1) is 14.7. The lowest BCUT2D eigenvalue weighted by Crippen LogP contribution is -2.34. The van der Waals surface area contributed by atoms with Crippen molar-refractivity contribution < 1.29 is 17.9 Å². The first-order valence-electron chi connectivity index (χ1n) is 4.76. The second-order valence-electron chi connectivity index (χ2n) is 3.42. The fourth-order valence-electron chi connectivity index (χ4n) is 1.23. The van der Waals surface area contributed by atoms with Crippen molar-refractivity contribution in [3.63, 3.8) is 0 Å². The predicted octanol–water partition coefficient (Wildman–Crippen LogP) is 2.43. The van der Waals surface area contributed by atoms with Crippen molar-refractivity contribution in [1.82, 2.24) is 0 Å². The lowest BCUT2D eigenvalue weighted by molar-refractivity contribution is 0.180. The predicted molar refractivity (Wildman–Crippen MR) is 65.3 cm³/mol. The van der Waals surface area contributed by atoms with Crippen molar-refractivity contribution in [3.05, 3.63) is 35.6 Å². The van der Waals surface area contributed by atoms with Gasteiger partial charge in [0, 0.05) is 0 Å². The number of aliphatic hydroxyl groups is 1. The lowest BCUT2D eigenvalue weighted by Gasteiger charge is -2.25. The van der Waals surface area contributed by atoms with Crippen molar-refractivity contribution in [2.45, 2.75) is 16.7 Å². The Morgan fingerprint density at radius 1 is 1.47 bits per heavy atom. The van der Waals surface area contributed by atoms with Gasteiger partial charge in [0.2, 0.25) is 3.67 Å². The molecule has 0 aromatic heterocycles. The normalized spacial score (nSPS) is 14.6. The first-order chi connectivity index (χ1) is 7.72. The molecule has 0 saturated heterocycles. The molecule has 7 heteroatoms. The quantitative estimate of drug-likeness (QED) is 0.869. The van der Waals surface area contributed by atoms with E-state index in [-0.39, 0.29) is 11.3 Å². The Balaban J connectivity index is 3.17. The largest absolute Gasteiger partial charge is 0.384 e. The average molecular weight is 301 g/mol. The minimum atomic E-state index is -3.90. The number of hydrogen-bond donors (Lipinski definition) is 1. The molecule has 3 nitrogen and oxygen atoms in total. The summed E-state index contributed by atoms with van der Waals surface area (Å²) in [5.41, 5.74) is 0.00650. The highest BCUT2D eigenvalue weighted by atomic mass is 35.5. The van der Waals surface area contributed by atoms with Gasteiger partial charge in [0.05, 0.1) is 5.75 Å². The van der Waals surface area contributed by atoms with Gasteiger partial charge in [-0.15, -0.1) is 0 Å². The van der Waals surface area contributed by atoms with E-state index in [1.165, 1.54) is 19.1 Å². The van der Waals surface area contributed by atoms with Crippen molar-refractivity contribution in [2.75, 3.05) is 5.75 Å². The molecule has 0 aliphatic carbocycles. The maximum Gasteiger partial charge on any atom is 0.247 e. The number of hydrogen-bond acceptors (Lipinski definition) is 3. The Morgan fingerprint density at radius 2 is 2.06 bits per heavy atom. The van der Waals surface area contributed by atoms with Crippen molar-refractivity contribution in [1.29, 1.82) is 0 Å². The Kier molecular flexibility index (Phi) is 4.41. The molecule has 0 aliphatic heterocycles. The van der Waals surface area contributed by atoms with Crippen LogP contribution in [0.3, 0.4) is 0 Å². The maximum absolute atomic E-state index is 12.9. The highest BCUT2D eigenvalue weighted by Gasteiger charge is 2.46. The topological polar surface area (TPSA) is 54.4 Å². The van der Waals surface area contributed by atoms with Gasteiger partial charge in [-0.1, -0.05) is 42.3 Å². The van der Waals surface area contributed by atoms with E-state index in [1.54, 1.807) is 0 Å². The third-order valence-electron chi connectivity index (χ3n) is 2.28. The van der Waals surface area contributed by atoms with Gasteiger partial charge in [-0.25, -0.2) is 12.8 Å². The van der Waals surface area contributed by atoms with Crippen LogP contribution in [0.15, 0.2) is 24.3 Å². The van der Waals surface area contributed by atoms with Gasteiger partial charge in [0.15, 0.2) is 9.84 Å². The van der Waals surface area contributed by atoms with Gasteiger partial charge in [0.1, 0.15) is 11.9 Å². The summed E-state index contributed by atoms with van der Waals surface area (Å²) in [5, 5.41) is 9.83. The van der Waals surface area contributed by atoms with E-state index in [4.69, 9.17) is 23.2 Å². The van der Waals surface area contributed by atoms with Crippen molar-refractivity contribution in [3.8, 4) is 0 Å².